The first kappa shape index (κ1) is 28.5. The van der Waals surface area contributed by atoms with Gasteiger partial charge < -0.3 is 13.9 Å². The molecule has 0 bridgehead atoms. The van der Waals surface area contributed by atoms with Crippen LogP contribution in [-0.4, -0.2) is 23.0 Å². The average Bonchev–Trinajstić information content (AvgIpc) is 3.40. The zero-order valence-corrected chi connectivity index (χ0v) is 26.2. The molecule has 7 nitrogen and oxygen atoms in total. The lowest BCUT2D eigenvalue weighted by Gasteiger charge is -2.14. The quantitative estimate of drug-likeness (QED) is 0.121. The molecule has 0 saturated carbocycles. The fourth-order valence-electron chi connectivity index (χ4n) is 4.38. The highest BCUT2D eigenvalue weighted by atomic mass is 127. The van der Waals surface area contributed by atoms with E-state index in [1.165, 1.54) is 4.68 Å². The van der Waals surface area contributed by atoms with E-state index in [9.17, 15) is 4.79 Å². The zero-order chi connectivity index (χ0) is 29.4. The van der Waals surface area contributed by atoms with Crippen molar-refractivity contribution in [3.05, 3.63) is 119 Å². The normalized spacial score (nSPS) is 11.5. The monoisotopic (exact) mass is 729 g/mol. The number of benzene rings is 4. The lowest BCUT2D eigenvalue weighted by molar-refractivity contribution is 0.282. The summed E-state index contributed by atoms with van der Waals surface area (Å²) in [6.45, 7) is 0.265. The predicted molar refractivity (Wildman–Crippen MR) is 176 cm³/mol. The van der Waals surface area contributed by atoms with Crippen molar-refractivity contribution in [3.8, 4) is 23.1 Å². The first-order valence-corrected chi connectivity index (χ1v) is 14.7. The number of rotatable bonds is 7. The maximum atomic E-state index is 13.6. The molecule has 0 N–H and O–H groups in total. The Balaban J connectivity index is 1.38. The van der Waals surface area contributed by atoms with Gasteiger partial charge in [-0.3, -0.25) is 4.79 Å². The van der Waals surface area contributed by atoms with E-state index in [-0.39, 0.29) is 18.0 Å². The van der Waals surface area contributed by atoms with E-state index in [4.69, 9.17) is 53.7 Å². The zero-order valence-electron chi connectivity index (χ0n) is 21.8. The van der Waals surface area contributed by atoms with Crippen molar-refractivity contribution in [1.29, 1.82) is 0 Å². The van der Waals surface area contributed by atoms with Crippen molar-refractivity contribution in [2.24, 2.45) is 5.10 Å². The Morgan fingerprint density at radius 3 is 2.64 bits per heavy atom. The summed E-state index contributed by atoms with van der Waals surface area (Å²) in [4.78, 5) is 18.3. The van der Waals surface area contributed by atoms with Crippen molar-refractivity contribution < 1.29 is 13.9 Å². The van der Waals surface area contributed by atoms with Gasteiger partial charge in [-0.15, -0.1) is 0 Å². The molecule has 0 amide bonds. The van der Waals surface area contributed by atoms with Crippen LogP contribution < -0.4 is 15.0 Å². The fraction of sp³-hybridized carbons (Fsp3) is 0.0645. The summed E-state index contributed by atoms with van der Waals surface area (Å²) in [5.41, 5.74) is 2.34. The van der Waals surface area contributed by atoms with E-state index in [1.54, 1.807) is 74.0 Å². The molecule has 0 spiro atoms. The van der Waals surface area contributed by atoms with E-state index < -0.39 is 0 Å². The van der Waals surface area contributed by atoms with Gasteiger partial charge in [0, 0.05) is 10.4 Å². The van der Waals surface area contributed by atoms with Gasteiger partial charge in [-0.1, -0.05) is 53.0 Å². The number of hydrogen-bond donors (Lipinski definition) is 0. The number of para-hydroxylation sites is 1. The minimum atomic E-state index is -0.339. The third kappa shape index (κ3) is 5.72. The van der Waals surface area contributed by atoms with E-state index in [1.807, 2.05) is 18.2 Å². The molecule has 210 valence electrons. The lowest BCUT2D eigenvalue weighted by Crippen LogP contribution is -2.20. The average molecular weight is 731 g/mol. The number of halogens is 4. The minimum absolute atomic E-state index is 0.255. The van der Waals surface area contributed by atoms with Crippen LogP contribution in [0.2, 0.25) is 15.1 Å². The molecule has 4 aromatic carbocycles. The maximum absolute atomic E-state index is 13.6. The van der Waals surface area contributed by atoms with Gasteiger partial charge in [0.1, 0.15) is 12.2 Å². The molecule has 0 aliphatic rings. The van der Waals surface area contributed by atoms with Crippen LogP contribution in [0.3, 0.4) is 0 Å². The second-order valence-corrected chi connectivity index (χ2v) is 11.6. The first-order chi connectivity index (χ1) is 20.3. The Hall–Kier alpha value is -3.57. The van der Waals surface area contributed by atoms with Crippen LogP contribution in [0.25, 0.3) is 33.5 Å². The summed E-state index contributed by atoms with van der Waals surface area (Å²) in [5.74, 6) is 1.70. The van der Waals surface area contributed by atoms with Crippen LogP contribution in [0.1, 0.15) is 11.1 Å². The molecule has 0 atom stereocenters. The van der Waals surface area contributed by atoms with Crippen LogP contribution in [0, 0.1) is 3.57 Å². The van der Waals surface area contributed by atoms with Crippen LogP contribution >= 0.6 is 57.4 Å². The first-order valence-electron chi connectivity index (χ1n) is 12.5. The summed E-state index contributed by atoms with van der Waals surface area (Å²) in [5, 5.41) is 7.27. The Labute approximate surface area is 268 Å². The summed E-state index contributed by atoms with van der Waals surface area (Å²) < 4.78 is 19.8. The van der Waals surface area contributed by atoms with E-state index in [0.29, 0.717) is 54.4 Å². The van der Waals surface area contributed by atoms with Crippen LogP contribution in [0.4, 0.5) is 0 Å². The van der Waals surface area contributed by atoms with Crippen molar-refractivity contribution in [1.82, 2.24) is 9.66 Å². The maximum Gasteiger partial charge on any atom is 0.282 e. The van der Waals surface area contributed by atoms with Gasteiger partial charge in [0.05, 0.1) is 37.8 Å². The fourth-order valence-corrected chi connectivity index (χ4v) is 5.66. The summed E-state index contributed by atoms with van der Waals surface area (Å²) in [6, 6.07) is 23.2. The third-order valence-corrected chi connectivity index (χ3v) is 8.17. The number of aromatic nitrogens is 2. The molecule has 2 aromatic heterocycles. The van der Waals surface area contributed by atoms with Gasteiger partial charge in [0.25, 0.3) is 5.56 Å². The summed E-state index contributed by atoms with van der Waals surface area (Å²) >= 11 is 20.5. The summed E-state index contributed by atoms with van der Waals surface area (Å²) in [6.07, 6.45) is 1.56. The second kappa shape index (κ2) is 12.0. The molecule has 42 heavy (non-hydrogen) atoms. The molecule has 0 unspecified atom stereocenters. The van der Waals surface area contributed by atoms with Crippen LogP contribution in [-0.2, 0) is 6.61 Å². The number of fused-ring (bicyclic) bond motifs is 2. The number of nitrogens with zero attached hydrogens (tertiary/aromatic N) is 3. The minimum Gasteiger partial charge on any atom is -0.493 e. The van der Waals surface area contributed by atoms with E-state index in [2.05, 4.69) is 27.7 Å². The molecule has 0 fully saturated rings. The Morgan fingerprint density at radius 1 is 1.00 bits per heavy atom. The van der Waals surface area contributed by atoms with Gasteiger partial charge in [0.2, 0.25) is 5.82 Å². The highest BCUT2D eigenvalue weighted by molar-refractivity contribution is 14.1. The molecule has 2 heterocycles. The standard InChI is InChI=1S/C31H19Cl3IN3O4/c1-40-27-12-18(11-24(35)29(27)41-16-17-6-8-22(33)23(34)10-17)15-36-38-30(37-25-5-3-2-4-21(25)31(38)39)28-14-19-13-20(32)7-9-26(19)42-28/h2-15H,16H2,1H3. The van der Waals surface area contributed by atoms with Crippen molar-refractivity contribution in [3.63, 3.8) is 0 Å². The third-order valence-electron chi connectivity index (χ3n) is 6.39. The molecular weight excluding hydrogens is 712 g/mol. The Morgan fingerprint density at radius 2 is 1.83 bits per heavy atom. The van der Waals surface area contributed by atoms with Crippen LogP contribution in [0.15, 0.2) is 93.2 Å². The van der Waals surface area contributed by atoms with Crippen LogP contribution in [0.5, 0.6) is 11.5 Å². The second-order valence-electron chi connectivity index (χ2n) is 9.18. The van der Waals surface area contributed by atoms with Gasteiger partial charge in [-0.05, 0) is 94.4 Å². The largest absolute Gasteiger partial charge is 0.493 e. The molecule has 0 saturated heterocycles. The van der Waals surface area contributed by atoms with E-state index >= 15 is 0 Å². The highest BCUT2D eigenvalue weighted by Gasteiger charge is 2.17. The Bertz CT molecular complexity index is 2070. The summed E-state index contributed by atoms with van der Waals surface area (Å²) in [7, 11) is 1.56. The van der Waals surface area contributed by atoms with Gasteiger partial charge in [-0.25, -0.2) is 4.98 Å². The predicted octanol–water partition coefficient (Wildman–Crippen LogP) is 8.84. The van der Waals surface area contributed by atoms with Crippen molar-refractivity contribution in [2.45, 2.75) is 6.61 Å². The molecule has 0 radical (unpaired) electrons. The number of ether oxygens (including phenoxy) is 2. The topological polar surface area (TPSA) is 78.9 Å². The van der Waals surface area contributed by atoms with Gasteiger partial charge in [0.15, 0.2) is 17.3 Å². The highest BCUT2D eigenvalue weighted by Crippen LogP contribution is 2.35. The molecule has 6 aromatic rings. The van der Waals surface area contributed by atoms with Crippen molar-refractivity contribution >= 4 is 85.5 Å². The molecular formula is C31H19Cl3IN3O4. The molecule has 0 aliphatic carbocycles. The smallest absolute Gasteiger partial charge is 0.282 e. The number of furan rings is 1. The number of hydrogen-bond acceptors (Lipinski definition) is 6. The Kier molecular flexibility index (Phi) is 8.13. The molecule has 6 rings (SSSR count). The van der Waals surface area contributed by atoms with E-state index in [0.717, 1.165) is 14.5 Å². The number of methoxy groups -OCH3 is 1. The van der Waals surface area contributed by atoms with Gasteiger partial charge in [-0.2, -0.15) is 9.78 Å². The SMILES string of the molecule is COc1cc(C=Nn2c(-c3cc4cc(Cl)ccc4o3)nc3ccccc3c2=O)cc(I)c1OCc1ccc(Cl)c(Cl)c1. The van der Waals surface area contributed by atoms with Gasteiger partial charge >= 0.3 is 0 Å². The lowest BCUT2D eigenvalue weighted by atomic mass is 10.2. The molecule has 0 aliphatic heterocycles. The molecule has 11 heteroatoms. The van der Waals surface area contributed by atoms with Crippen molar-refractivity contribution in [2.75, 3.05) is 7.11 Å².